The second kappa shape index (κ2) is 5.03. The number of nitrogens with one attached hydrogen (secondary N) is 1. The number of aliphatic hydroxyl groups excluding tert-OH is 1. The molecule has 0 aliphatic carbocycles. The average molecular weight is 208 g/mol. The maximum Gasteiger partial charge on any atom is 0.0710 e. The predicted molar refractivity (Wildman–Crippen MR) is 65.5 cm³/mol. The van der Waals surface area contributed by atoms with Gasteiger partial charge in [-0.2, -0.15) is 0 Å². The van der Waals surface area contributed by atoms with Crippen LogP contribution in [0.1, 0.15) is 13.8 Å². The maximum absolute atomic E-state index is 9.35. The molecule has 1 aromatic rings. The van der Waals surface area contributed by atoms with E-state index in [1.807, 2.05) is 33.2 Å². The van der Waals surface area contributed by atoms with E-state index in [4.69, 9.17) is 0 Å². The SMILES string of the molecule is CC(O)C(C)Nc1ccc(N(C)C)cc1. The van der Waals surface area contributed by atoms with Crippen molar-refractivity contribution in [3.8, 4) is 0 Å². The van der Waals surface area contributed by atoms with E-state index in [0.717, 1.165) is 5.69 Å². The molecule has 2 atom stereocenters. The van der Waals surface area contributed by atoms with Crippen LogP contribution >= 0.6 is 0 Å². The first kappa shape index (κ1) is 11.9. The highest BCUT2D eigenvalue weighted by molar-refractivity contribution is 5.54. The highest BCUT2D eigenvalue weighted by Crippen LogP contribution is 2.16. The minimum Gasteiger partial charge on any atom is -0.391 e. The molecule has 1 aromatic carbocycles. The summed E-state index contributed by atoms with van der Waals surface area (Å²) in [5, 5.41) is 12.6. The topological polar surface area (TPSA) is 35.5 Å². The van der Waals surface area contributed by atoms with E-state index in [1.54, 1.807) is 6.92 Å². The Morgan fingerprint density at radius 2 is 1.67 bits per heavy atom. The van der Waals surface area contributed by atoms with Crippen molar-refractivity contribution >= 4 is 11.4 Å². The summed E-state index contributed by atoms with van der Waals surface area (Å²) in [4.78, 5) is 2.06. The summed E-state index contributed by atoms with van der Waals surface area (Å²) < 4.78 is 0. The van der Waals surface area contributed by atoms with Crippen LogP contribution in [0.25, 0.3) is 0 Å². The first-order valence-corrected chi connectivity index (χ1v) is 5.22. The Morgan fingerprint density at radius 3 is 2.07 bits per heavy atom. The molecule has 0 spiro atoms. The molecule has 3 heteroatoms. The summed E-state index contributed by atoms with van der Waals surface area (Å²) in [6.07, 6.45) is -0.349. The van der Waals surface area contributed by atoms with E-state index in [-0.39, 0.29) is 12.1 Å². The van der Waals surface area contributed by atoms with Crippen LogP contribution in [-0.2, 0) is 0 Å². The van der Waals surface area contributed by atoms with Gasteiger partial charge >= 0.3 is 0 Å². The molecule has 0 bridgehead atoms. The van der Waals surface area contributed by atoms with Gasteiger partial charge in [0.25, 0.3) is 0 Å². The minimum atomic E-state index is -0.349. The lowest BCUT2D eigenvalue weighted by atomic mass is 10.2. The molecule has 0 aliphatic rings. The van der Waals surface area contributed by atoms with Gasteiger partial charge < -0.3 is 15.3 Å². The lowest BCUT2D eigenvalue weighted by Crippen LogP contribution is -2.27. The van der Waals surface area contributed by atoms with Crippen molar-refractivity contribution in [2.45, 2.75) is 26.0 Å². The Kier molecular flexibility index (Phi) is 3.97. The largest absolute Gasteiger partial charge is 0.391 e. The normalized spacial score (nSPS) is 14.5. The van der Waals surface area contributed by atoms with E-state index in [0.29, 0.717) is 0 Å². The van der Waals surface area contributed by atoms with Gasteiger partial charge in [0.2, 0.25) is 0 Å². The van der Waals surface area contributed by atoms with Crippen molar-refractivity contribution in [1.29, 1.82) is 0 Å². The van der Waals surface area contributed by atoms with E-state index in [9.17, 15) is 5.11 Å². The third-order valence-corrected chi connectivity index (χ3v) is 2.50. The number of benzene rings is 1. The third-order valence-electron chi connectivity index (χ3n) is 2.50. The van der Waals surface area contributed by atoms with Gasteiger partial charge in [0.1, 0.15) is 0 Å². The molecule has 84 valence electrons. The quantitative estimate of drug-likeness (QED) is 0.793. The number of rotatable bonds is 4. The van der Waals surface area contributed by atoms with Crippen molar-refractivity contribution in [3.63, 3.8) is 0 Å². The Balaban J connectivity index is 2.64. The van der Waals surface area contributed by atoms with Gasteiger partial charge in [-0.15, -0.1) is 0 Å². The number of hydrogen-bond donors (Lipinski definition) is 2. The van der Waals surface area contributed by atoms with Crippen LogP contribution in [0, 0.1) is 0 Å². The van der Waals surface area contributed by atoms with Crippen LogP contribution < -0.4 is 10.2 Å². The predicted octanol–water partition coefficient (Wildman–Crippen LogP) is 1.93. The van der Waals surface area contributed by atoms with Crippen molar-refractivity contribution in [1.82, 2.24) is 0 Å². The molecule has 0 amide bonds. The van der Waals surface area contributed by atoms with E-state index in [2.05, 4.69) is 22.3 Å². The number of hydrogen-bond acceptors (Lipinski definition) is 3. The smallest absolute Gasteiger partial charge is 0.0710 e. The zero-order valence-electron chi connectivity index (χ0n) is 9.86. The molecule has 2 unspecified atom stereocenters. The van der Waals surface area contributed by atoms with Crippen LogP contribution in [0.15, 0.2) is 24.3 Å². The standard InChI is InChI=1S/C12H20N2O/c1-9(10(2)15)13-11-5-7-12(8-6-11)14(3)4/h5-10,13,15H,1-4H3. The molecule has 0 heterocycles. The molecule has 0 saturated heterocycles. The van der Waals surface area contributed by atoms with Gasteiger partial charge in [0.05, 0.1) is 6.10 Å². The summed E-state index contributed by atoms with van der Waals surface area (Å²) >= 11 is 0. The number of anilines is 2. The van der Waals surface area contributed by atoms with Gasteiger partial charge in [-0.3, -0.25) is 0 Å². The van der Waals surface area contributed by atoms with Gasteiger partial charge in [-0.1, -0.05) is 0 Å². The molecular weight excluding hydrogens is 188 g/mol. The second-order valence-corrected chi connectivity index (χ2v) is 4.11. The fourth-order valence-electron chi connectivity index (χ4n) is 1.24. The molecule has 0 aliphatic heterocycles. The molecule has 15 heavy (non-hydrogen) atoms. The van der Waals surface area contributed by atoms with E-state index >= 15 is 0 Å². The van der Waals surface area contributed by atoms with Crippen LogP contribution in [0.2, 0.25) is 0 Å². The Labute approximate surface area is 91.7 Å². The van der Waals surface area contributed by atoms with Crippen molar-refractivity contribution in [2.75, 3.05) is 24.3 Å². The molecule has 1 rings (SSSR count). The molecule has 3 nitrogen and oxygen atoms in total. The highest BCUT2D eigenvalue weighted by atomic mass is 16.3. The van der Waals surface area contributed by atoms with Crippen molar-refractivity contribution in [2.24, 2.45) is 0 Å². The van der Waals surface area contributed by atoms with E-state index < -0.39 is 0 Å². The van der Waals surface area contributed by atoms with Crippen LogP contribution in [0.3, 0.4) is 0 Å². The average Bonchev–Trinajstić information content (AvgIpc) is 2.18. The fourth-order valence-corrected chi connectivity index (χ4v) is 1.24. The summed E-state index contributed by atoms with van der Waals surface area (Å²) in [7, 11) is 4.03. The number of aliphatic hydroxyl groups is 1. The minimum absolute atomic E-state index is 0.0650. The third kappa shape index (κ3) is 3.44. The summed E-state index contributed by atoms with van der Waals surface area (Å²) in [6.45, 7) is 3.75. The van der Waals surface area contributed by atoms with Gasteiger partial charge in [-0.25, -0.2) is 0 Å². The van der Waals surface area contributed by atoms with Crippen LogP contribution in [0.4, 0.5) is 11.4 Å². The maximum atomic E-state index is 9.35. The zero-order valence-corrected chi connectivity index (χ0v) is 9.86. The molecular formula is C12H20N2O. The van der Waals surface area contributed by atoms with E-state index in [1.165, 1.54) is 5.69 Å². The Hall–Kier alpha value is -1.22. The molecule has 0 fully saturated rings. The molecule has 0 radical (unpaired) electrons. The summed E-state index contributed by atoms with van der Waals surface area (Å²) in [5.41, 5.74) is 2.21. The first-order chi connectivity index (χ1) is 7.00. The van der Waals surface area contributed by atoms with Crippen LogP contribution in [-0.4, -0.2) is 31.3 Å². The van der Waals surface area contributed by atoms with Crippen molar-refractivity contribution < 1.29 is 5.11 Å². The van der Waals surface area contributed by atoms with Crippen LogP contribution in [0.5, 0.6) is 0 Å². The fraction of sp³-hybridized carbons (Fsp3) is 0.500. The molecule has 0 saturated carbocycles. The van der Waals surface area contributed by atoms with Gasteiger partial charge in [0, 0.05) is 31.5 Å². The number of nitrogens with zero attached hydrogens (tertiary/aromatic N) is 1. The monoisotopic (exact) mass is 208 g/mol. The second-order valence-electron chi connectivity index (χ2n) is 4.11. The summed E-state index contributed by atoms with van der Waals surface area (Å²) in [6, 6.07) is 8.21. The Morgan fingerprint density at radius 1 is 1.13 bits per heavy atom. The first-order valence-electron chi connectivity index (χ1n) is 5.22. The van der Waals surface area contributed by atoms with Gasteiger partial charge in [-0.05, 0) is 38.1 Å². The van der Waals surface area contributed by atoms with Gasteiger partial charge in [0.15, 0.2) is 0 Å². The van der Waals surface area contributed by atoms with Crippen molar-refractivity contribution in [3.05, 3.63) is 24.3 Å². The zero-order chi connectivity index (χ0) is 11.4. The summed E-state index contributed by atoms with van der Waals surface area (Å²) in [5.74, 6) is 0. The molecule has 2 N–H and O–H groups in total. The lowest BCUT2D eigenvalue weighted by molar-refractivity contribution is 0.178. The lowest BCUT2D eigenvalue weighted by Gasteiger charge is -2.19. The Bertz CT molecular complexity index is 293. The highest BCUT2D eigenvalue weighted by Gasteiger charge is 2.07. The molecule has 0 aromatic heterocycles.